The fourth-order valence-corrected chi connectivity index (χ4v) is 9.28. The number of nitrogens with one attached hydrogen (secondary N) is 3. The lowest BCUT2D eigenvalue weighted by atomic mass is 9.93. The smallest absolute Gasteiger partial charge is 0.320 e. The number of benzene rings is 4. The van der Waals surface area contributed by atoms with E-state index in [9.17, 15) is 9.59 Å². The van der Waals surface area contributed by atoms with E-state index in [0.717, 1.165) is 71.3 Å². The second kappa shape index (κ2) is 21.9. The summed E-state index contributed by atoms with van der Waals surface area (Å²) < 4.78 is 28.2. The monoisotopic (exact) mass is 1020 g/mol. The first-order chi connectivity index (χ1) is 37.1. The van der Waals surface area contributed by atoms with Crippen LogP contribution in [0.5, 0.6) is 35.0 Å². The molecule has 1 saturated carbocycles. The number of aryl methyl sites for hydroxylation is 2. The Kier molecular flexibility index (Phi) is 14.3. The maximum absolute atomic E-state index is 12.6. The number of fused-ring (bicyclic) bond motifs is 6. The number of nitrogen functional groups attached to an aromatic ring is 2. The molecule has 19 nitrogen and oxygen atoms in total. The number of nitrogens with two attached hydrogens (primary N) is 2. The summed E-state index contributed by atoms with van der Waals surface area (Å²) in [6.45, 7) is 7.46. The Morgan fingerprint density at radius 2 is 1.14 bits per heavy atom. The van der Waals surface area contributed by atoms with Crippen molar-refractivity contribution in [2.45, 2.75) is 84.0 Å². The van der Waals surface area contributed by atoms with Gasteiger partial charge in [-0.3, -0.25) is 9.59 Å². The largest absolute Gasteiger partial charge is 0.463 e. The zero-order chi connectivity index (χ0) is 52.1. The van der Waals surface area contributed by atoms with E-state index in [1.54, 1.807) is 12.1 Å². The molecule has 1 saturated heterocycles. The lowest BCUT2D eigenvalue weighted by Gasteiger charge is -2.27. The summed E-state index contributed by atoms with van der Waals surface area (Å²) in [5.74, 6) is 4.88. The molecule has 7 N–H and O–H groups in total. The van der Waals surface area contributed by atoms with Gasteiger partial charge in [-0.05, 0) is 148 Å². The van der Waals surface area contributed by atoms with Crippen molar-refractivity contribution in [1.82, 2.24) is 55.0 Å². The van der Waals surface area contributed by atoms with Gasteiger partial charge in [0.1, 0.15) is 34.6 Å². The molecule has 8 aromatic rings. The summed E-state index contributed by atoms with van der Waals surface area (Å²) >= 11 is 0. The van der Waals surface area contributed by atoms with Crippen LogP contribution in [0.3, 0.4) is 0 Å². The molecule has 2 fully saturated rings. The first-order valence-electron chi connectivity index (χ1n) is 25.7. The molecule has 4 aromatic heterocycles. The predicted octanol–water partition coefficient (Wildman–Crippen LogP) is 7.86. The van der Waals surface area contributed by atoms with E-state index < -0.39 is 0 Å². The van der Waals surface area contributed by atoms with Crippen LogP contribution in [0.1, 0.15) is 86.7 Å². The van der Waals surface area contributed by atoms with E-state index in [2.05, 4.69) is 82.3 Å². The highest BCUT2D eigenvalue weighted by molar-refractivity contribution is 5.95. The van der Waals surface area contributed by atoms with Gasteiger partial charge in [0.05, 0.1) is 32.3 Å². The van der Waals surface area contributed by atoms with Crippen molar-refractivity contribution < 1.29 is 28.5 Å². The van der Waals surface area contributed by atoms with E-state index in [1.807, 2.05) is 83.6 Å². The molecule has 4 aromatic carbocycles. The Labute approximate surface area is 438 Å². The number of anilines is 2. The van der Waals surface area contributed by atoms with Crippen LogP contribution in [-0.4, -0.2) is 89.2 Å². The number of aromatic nitrogens is 8. The molecule has 76 heavy (non-hydrogen) atoms. The number of allylic oxidation sites excluding steroid dienone is 2. The Morgan fingerprint density at radius 1 is 0.605 bits per heavy atom. The number of rotatable bonds is 8. The summed E-state index contributed by atoms with van der Waals surface area (Å²) in [6, 6.07) is 27.9. The molecule has 8 bridgehead atoms. The van der Waals surface area contributed by atoms with E-state index >= 15 is 0 Å². The number of carbonyl (C=O) groups is 2. The maximum Gasteiger partial charge on any atom is 0.320 e. The van der Waals surface area contributed by atoms with Crippen molar-refractivity contribution in [2.75, 3.05) is 37.8 Å². The normalized spacial score (nSPS) is 16.3. The fourth-order valence-electron chi connectivity index (χ4n) is 9.28. The lowest BCUT2D eigenvalue weighted by Crippen LogP contribution is -2.56. The molecule has 0 atom stereocenters. The Balaban J connectivity index is 0.000000162. The first-order valence-corrected chi connectivity index (χ1v) is 25.7. The summed E-state index contributed by atoms with van der Waals surface area (Å²) in [5.41, 5.74) is 20.2. The third-order valence-corrected chi connectivity index (χ3v) is 13.8. The Hall–Kier alpha value is -8.84. The highest BCUT2D eigenvalue weighted by Crippen LogP contribution is 2.32. The van der Waals surface area contributed by atoms with Gasteiger partial charge in [0.25, 0.3) is 11.8 Å². The molecule has 0 unspecified atom stereocenters. The SMILES string of the molecule is Cc1nc2c(N)nc3nc2n1Cc1ccc(Oc2ccc(C(=O)NC4CCC4)cc2)c(c1)C/C=C\CCO3.Cc1nc2c(N)nc3nc2n1Cc1ccc(Oc2cccc(C(=O)NC4CNC4)c2)c(c1)C/C=C\CCO3. The number of nitrogens with zero attached hydrogens (tertiary/aromatic N) is 8. The van der Waals surface area contributed by atoms with Crippen molar-refractivity contribution in [2.24, 2.45) is 0 Å². The lowest BCUT2D eigenvalue weighted by molar-refractivity contribution is 0.0911. The van der Waals surface area contributed by atoms with Crippen LogP contribution in [0.4, 0.5) is 11.6 Å². The van der Waals surface area contributed by atoms with E-state index in [0.29, 0.717) is 115 Å². The number of imidazole rings is 2. The van der Waals surface area contributed by atoms with E-state index in [-0.39, 0.29) is 29.9 Å². The van der Waals surface area contributed by atoms with Crippen LogP contribution in [-0.2, 0) is 25.9 Å². The van der Waals surface area contributed by atoms with Crippen molar-refractivity contribution in [3.8, 4) is 35.0 Å². The molecular weight excluding hydrogens is 963 g/mol. The second-order valence-corrected chi connectivity index (χ2v) is 19.3. The number of hydrogen-bond donors (Lipinski definition) is 5. The number of amides is 2. The van der Waals surface area contributed by atoms with Crippen LogP contribution in [0.25, 0.3) is 22.3 Å². The summed E-state index contributed by atoms with van der Waals surface area (Å²) in [6.07, 6.45) is 14.5. The van der Waals surface area contributed by atoms with Gasteiger partial charge in [-0.15, -0.1) is 0 Å². The number of ether oxygens (including phenoxy) is 4. The van der Waals surface area contributed by atoms with Crippen molar-refractivity contribution in [3.63, 3.8) is 0 Å². The van der Waals surface area contributed by atoms with Crippen LogP contribution >= 0.6 is 0 Å². The summed E-state index contributed by atoms with van der Waals surface area (Å²) in [4.78, 5) is 52.0. The maximum atomic E-state index is 12.6. The first kappa shape index (κ1) is 49.4. The van der Waals surface area contributed by atoms with Gasteiger partial charge in [-0.1, -0.05) is 42.5 Å². The van der Waals surface area contributed by atoms with Crippen molar-refractivity contribution in [3.05, 3.63) is 154 Å². The van der Waals surface area contributed by atoms with Crippen LogP contribution < -0.4 is 46.4 Å². The van der Waals surface area contributed by atoms with Crippen molar-refractivity contribution >= 4 is 45.8 Å². The molecule has 388 valence electrons. The van der Waals surface area contributed by atoms with Gasteiger partial charge in [-0.2, -0.15) is 19.9 Å². The average Bonchev–Trinajstić information content (AvgIpc) is 3.89. The van der Waals surface area contributed by atoms with Gasteiger partial charge < -0.3 is 55.5 Å². The third kappa shape index (κ3) is 11.1. The minimum atomic E-state index is -0.0976. The van der Waals surface area contributed by atoms with E-state index in [4.69, 9.17) is 30.4 Å². The molecule has 2 amide bonds. The fraction of sp³-hybridized carbons (Fsp3) is 0.298. The third-order valence-electron chi connectivity index (χ3n) is 13.8. The summed E-state index contributed by atoms with van der Waals surface area (Å²) in [5, 5.41) is 9.26. The highest BCUT2D eigenvalue weighted by atomic mass is 16.5. The molecule has 19 heteroatoms. The second-order valence-electron chi connectivity index (χ2n) is 19.3. The van der Waals surface area contributed by atoms with Gasteiger partial charge in [-0.25, -0.2) is 9.97 Å². The Bertz CT molecular complexity index is 3530. The van der Waals surface area contributed by atoms with Crippen LogP contribution in [0, 0.1) is 13.8 Å². The average molecular weight is 1020 g/mol. The molecule has 4 aliphatic rings. The summed E-state index contributed by atoms with van der Waals surface area (Å²) in [7, 11) is 0. The van der Waals surface area contributed by atoms with Gasteiger partial charge in [0.15, 0.2) is 34.0 Å². The topological polar surface area (TPSA) is 246 Å². The number of hydrogen-bond acceptors (Lipinski definition) is 15. The van der Waals surface area contributed by atoms with Gasteiger partial charge >= 0.3 is 12.0 Å². The zero-order valence-electron chi connectivity index (χ0n) is 42.4. The highest BCUT2D eigenvalue weighted by Gasteiger charge is 2.23. The van der Waals surface area contributed by atoms with Gasteiger partial charge in [0.2, 0.25) is 0 Å². The molecular formula is C57H59N13O6. The molecule has 7 heterocycles. The molecule has 12 rings (SSSR count). The standard InChI is InChI=1S/C29H30N6O3.C28H29N7O3/c1-18-31-25-26(30)33-29-34-27(25)35(18)17-19-9-14-24(21(16-19)6-3-2-4-15-37-29)38-23-12-10-20(11-13-23)28(36)32-22-7-5-8-22;1-17-31-24-25(29)33-28-34-26(24)35(17)16-18-9-10-23(19(12-18)6-3-2-4-11-37-28)38-22-8-5-7-20(13-22)27(36)32-21-14-30-15-21/h2-3,9-14,16,22H,4-8,15,17H2,1H3,(H,32,36)(H2,30,33,34);2-3,5,7-10,12-13,21,30H,4,6,11,14-16H2,1H3,(H,32,36)(H2,29,33,34)/b2*3-2-. The molecule has 0 radical (unpaired) electrons. The minimum absolute atomic E-state index is 0.0324. The molecule has 1 aliphatic carbocycles. The van der Waals surface area contributed by atoms with Crippen LogP contribution in [0.2, 0.25) is 0 Å². The Morgan fingerprint density at radius 3 is 1.67 bits per heavy atom. The van der Waals surface area contributed by atoms with Crippen LogP contribution in [0.15, 0.2) is 109 Å². The minimum Gasteiger partial charge on any atom is -0.463 e. The predicted molar refractivity (Wildman–Crippen MR) is 288 cm³/mol. The van der Waals surface area contributed by atoms with E-state index in [1.165, 1.54) is 6.42 Å². The quantitative estimate of drug-likeness (QED) is 0.0910. The molecule has 0 spiro atoms. The van der Waals surface area contributed by atoms with Crippen molar-refractivity contribution in [1.29, 1.82) is 0 Å². The number of carbonyl (C=O) groups excluding carboxylic acids is 2. The van der Waals surface area contributed by atoms with Gasteiger partial charge in [0, 0.05) is 30.3 Å². The molecule has 3 aliphatic heterocycles. The zero-order valence-corrected chi connectivity index (χ0v) is 42.4.